The molecule has 8 bridgehead atoms. The van der Waals surface area contributed by atoms with Gasteiger partial charge in [-0.15, -0.1) is 0 Å². The van der Waals surface area contributed by atoms with E-state index < -0.39 is 11.9 Å². The predicted molar refractivity (Wildman–Crippen MR) is 228 cm³/mol. The molecule has 5 heterocycles. The summed E-state index contributed by atoms with van der Waals surface area (Å²) in [5.74, 6) is -0.809. The first-order valence-electron chi connectivity index (χ1n) is 19.6. The van der Waals surface area contributed by atoms with Crippen LogP contribution in [0.4, 0.5) is 0 Å². The summed E-state index contributed by atoms with van der Waals surface area (Å²) in [5.41, 5.74) is 20.1. The van der Waals surface area contributed by atoms with Crippen LogP contribution in [0.5, 0.6) is 0 Å². The van der Waals surface area contributed by atoms with Crippen LogP contribution in [0.15, 0.2) is 60.7 Å². The van der Waals surface area contributed by atoms with Crippen LogP contribution in [0.25, 0.3) is 66.6 Å². The van der Waals surface area contributed by atoms with Crippen molar-refractivity contribution in [2.45, 2.75) is 81.1 Å². The van der Waals surface area contributed by atoms with E-state index in [4.69, 9.17) is 19.4 Å². The third kappa shape index (κ3) is 6.08. The third-order valence-corrected chi connectivity index (χ3v) is 11.7. The lowest BCUT2D eigenvalue weighted by molar-refractivity contribution is 0.0592. The van der Waals surface area contributed by atoms with Crippen LogP contribution in [-0.2, 0) is 22.3 Å². The molecule has 0 saturated carbocycles. The van der Waals surface area contributed by atoms with Gasteiger partial charge in [-0.1, -0.05) is 64.1 Å². The number of allylic oxidation sites excluding steroid dienone is 4. The third-order valence-electron chi connectivity index (χ3n) is 11.7. The number of H-pyrrole nitrogens is 2. The first kappa shape index (κ1) is 38.3. The van der Waals surface area contributed by atoms with Crippen molar-refractivity contribution in [2.24, 2.45) is 0 Å². The highest BCUT2D eigenvalue weighted by molar-refractivity contribution is 6.08. The molecule has 5 aromatic rings. The van der Waals surface area contributed by atoms with E-state index in [1.165, 1.54) is 14.2 Å². The number of hydrogen-bond donors (Lipinski definition) is 2. The molecule has 0 spiro atoms. The number of aromatic amines is 2. The second-order valence-corrected chi connectivity index (χ2v) is 14.5. The normalized spacial score (nSPS) is 12.8. The zero-order valence-corrected chi connectivity index (χ0v) is 34.1. The van der Waals surface area contributed by atoms with Crippen molar-refractivity contribution in [2.75, 3.05) is 14.2 Å². The minimum Gasteiger partial charge on any atom is -0.465 e. The van der Waals surface area contributed by atoms with Gasteiger partial charge in [0.05, 0.1) is 59.2 Å². The fourth-order valence-corrected chi connectivity index (χ4v) is 8.82. The average molecular weight is 747 g/mol. The van der Waals surface area contributed by atoms with E-state index >= 15 is 0 Å². The number of esters is 2. The van der Waals surface area contributed by atoms with Crippen molar-refractivity contribution < 1.29 is 19.1 Å². The minimum atomic E-state index is -0.405. The van der Waals surface area contributed by atoms with E-state index in [0.717, 1.165) is 137 Å². The Hall–Kier alpha value is -6.02. The zero-order valence-electron chi connectivity index (χ0n) is 34.1. The van der Waals surface area contributed by atoms with Crippen LogP contribution in [-0.4, -0.2) is 46.1 Å². The van der Waals surface area contributed by atoms with Gasteiger partial charge in [0.2, 0.25) is 0 Å². The Morgan fingerprint density at radius 2 is 0.946 bits per heavy atom. The molecule has 8 heteroatoms. The van der Waals surface area contributed by atoms with E-state index in [1.807, 2.05) is 48.5 Å². The SMILES string of the molecule is CCC1=C(C)c2nc1cc1[nH]c(c(C)c1CC)c(-c1ccccc1C(=O)OC)c1nc(cc3[nH]c(c(C)c3CC)c2-c2ccccc2C(=O)OC)C(CC)=C1C. The van der Waals surface area contributed by atoms with Crippen LogP contribution in [0.1, 0.15) is 120 Å². The number of carbonyl (C=O) groups is 2. The molecule has 0 amide bonds. The van der Waals surface area contributed by atoms with Gasteiger partial charge in [-0.3, -0.25) is 0 Å². The summed E-state index contributed by atoms with van der Waals surface area (Å²) < 4.78 is 10.6. The van der Waals surface area contributed by atoms with E-state index in [-0.39, 0.29) is 0 Å². The first-order chi connectivity index (χ1) is 27.0. The Kier molecular flexibility index (Phi) is 10.4. The number of nitrogens with zero attached hydrogens (tertiary/aromatic N) is 2. The lowest BCUT2D eigenvalue weighted by Crippen LogP contribution is -2.04. The number of aryl methyl sites for hydroxylation is 4. The highest BCUT2D eigenvalue weighted by Crippen LogP contribution is 2.44. The van der Waals surface area contributed by atoms with Gasteiger partial charge in [0.15, 0.2) is 0 Å². The molecule has 7 rings (SSSR count). The van der Waals surface area contributed by atoms with Crippen LogP contribution in [0.2, 0.25) is 0 Å². The highest BCUT2D eigenvalue weighted by Gasteiger charge is 2.28. The molecule has 8 nitrogen and oxygen atoms in total. The van der Waals surface area contributed by atoms with Gasteiger partial charge < -0.3 is 19.4 Å². The summed E-state index contributed by atoms with van der Waals surface area (Å²) in [6.45, 7) is 17.2. The molecule has 2 N–H and O–H groups in total. The standard InChI is InChI=1S/C48H50N4O4/c1-11-29-25(5)43-41(33-19-15-17-21-35(33)47(53)55-9)44-27(7)31(13-3)39(51-44)24-40-32(14-4)28(8)46(52-40)42(34-20-16-18-22-36(34)48(54)56-10)45-26(6)30(12-2)38(50-45)23-37(29)49-43/h15-24,49,52H,11-14H2,1-10H3. The lowest BCUT2D eigenvalue weighted by Gasteiger charge is -2.12. The zero-order chi connectivity index (χ0) is 40.0. The monoisotopic (exact) mass is 746 g/mol. The molecule has 286 valence electrons. The number of aromatic nitrogens is 4. The lowest BCUT2D eigenvalue weighted by atomic mass is 9.92. The van der Waals surface area contributed by atoms with E-state index in [2.05, 4.69) is 77.5 Å². The number of fused-ring (bicyclic) bond motifs is 8. The summed E-state index contributed by atoms with van der Waals surface area (Å²) in [4.78, 5) is 45.4. The molecule has 56 heavy (non-hydrogen) atoms. The van der Waals surface area contributed by atoms with E-state index in [0.29, 0.717) is 11.1 Å². The van der Waals surface area contributed by atoms with E-state index in [9.17, 15) is 9.59 Å². The van der Waals surface area contributed by atoms with Crippen molar-refractivity contribution in [3.63, 3.8) is 0 Å². The topological polar surface area (TPSA) is 110 Å². The highest BCUT2D eigenvalue weighted by atomic mass is 16.5. The minimum absolute atomic E-state index is 0.405. The number of benzene rings is 2. The first-order valence-corrected chi connectivity index (χ1v) is 19.6. The Bertz CT molecular complexity index is 2500. The number of rotatable bonds is 8. The quantitative estimate of drug-likeness (QED) is 0.153. The molecule has 0 aliphatic carbocycles. The molecular weight excluding hydrogens is 697 g/mol. The van der Waals surface area contributed by atoms with Gasteiger partial charge in [-0.05, 0) is 122 Å². The Balaban J connectivity index is 1.79. The molecule has 0 fully saturated rings. The number of hydrogen-bond acceptors (Lipinski definition) is 6. The summed E-state index contributed by atoms with van der Waals surface area (Å²) in [6, 6.07) is 19.6. The van der Waals surface area contributed by atoms with Gasteiger partial charge in [0, 0.05) is 33.3 Å². The molecule has 2 aliphatic rings. The second-order valence-electron chi connectivity index (χ2n) is 14.5. The molecule has 2 aliphatic heterocycles. The van der Waals surface area contributed by atoms with Gasteiger partial charge in [0.1, 0.15) is 0 Å². The molecular formula is C48H50N4O4. The largest absolute Gasteiger partial charge is 0.465 e. The van der Waals surface area contributed by atoms with Crippen molar-refractivity contribution in [1.29, 1.82) is 0 Å². The Morgan fingerprint density at radius 1 is 0.571 bits per heavy atom. The van der Waals surface area contributed by atoms with E-state index in [1.54, 1.807) is 0 Å². The Labute approximate surface area is 328 Å². The molecule has 3 aromatic heterocycles. The fraction of sp³-hybridized carbons (Fsp3) is 0.292. The smallest absolute Gasteiger partial charge is 0.338 e. The van der Waals surface area contributed by atoms with Gasteiger partial charge in [0.25, 0.3) is 0 Å². The van der Waals surface area contributed by atoms with Gasteiger partial charge >= 0.3 is 11.9 Å². The molecule has 0 atom stereocenters. The fourth-order valence-electron chi connectivity index (χ4n) is 8.82. The second kappa shape index (κ2) is 15.3. The van der Waals surface area contributed by atoms with Gasteiger partial charge in [-0.2, -0.15) is 0 Å². The van der Waals surface area contributed by atoms with Crippen LogP contribution in [0, 0.1) is 13.8 Å². The number of nitrogens with one attached hydrogen (secondary N) is 2. The number of carbonyl (C=O) groups excluding carboxylic acids is 2. The predicted octanol–water partition coefficient (Wildman–Crippen LogP) is 11.6. The molecule has 0 radical (unpaired) electrons. The maximum absolute atomic E-state index is 13.4. The number of methoxy groups -OCH3 is 2. The summed E-state index contributed by atoms with van der Waals surface area (Å²) in [7, 11) is 2.84. The maximum Gasteiger partial charge on any atom is 0.338 e. The summed E-state index contributed by atoms with van der Waals surface area (Å²) >= 11 is 0. The van der Waals surface area contributed by atoms with Crippen LogP contribution < -0.4 is 0 Å². The molecule has 2 aromatic carbocycles. The molecule has 0 saturated heterocycles. The average Bonchev–Trinajstić information content (AvgIpc) is 3.90. The van der Waals surface area contributed by atoms with Crippen LogP contribution >= 0.6 is 0 Å². The van der Waals surface area contributed by atoms with Crippen molar-refractivity contribution >= 4 is 56.3 Å². The maximum atomic E-state index is 13.4. The summed E-state index contributed by atoms with van der Waals surface area (Å²) in [5, 5.41) is 0. The van der Waals surface area contributed by atoms with Crippen molar-refractivity contribution in [3.05, 3.63) is 117 Å². The van der Waals surface area contributed by atoms with Crippen molar-refractivity contribution in [3.8, 4) is 22.3 Å². The molecule has 0 unspecified atom stereocenters. The summed E-state index contributed by atoms with van der Waals surface area (Å²) in [6.07, 6.45) is 3.07. The van der Waals surface area contributed by atoms with Gasteiger partial charge in [-0.25, -0.2) is 19.6 Å². The van der Waals surface area contributed by atoms with Crippen LogP contribution in [0.3, 0.4) is 0 Å². The Morgan fingerprint density at radius 3 is 1.29 bits per heavy atom. The van der Waals surface area contributed by atoms with Crippen molar-refractivity contribution in [1.82, 2.24) is 19.9 Å². The number of ether oxygens (including phenoxy) is 2.